The summed E-state index contributed by atoms with van der Waals surface area (Å²) in [7, 11) is 0. The van der Waals surface area contributed by atoms with Gasteiger partial charge in [0.1, 0.15) is 12.7 Å². The average molecular weight is 421 g/mol. The monoisotopic (exact) mass is 421 g/mol. The Morgan fingerprint density at radius 3 is 2.31 bits per heavy atom. The number of benzene rings is 2. The van der Waals surface area contributed by atoms with E-state index in [1.807, 2.05) is 65.5 Å². The Bertz CT molecular complexity index is 1310. The van der Waals surface area contributed by atoms with Crippen LogP contribution < -0.4 is 5.32 Å². The van der Waals surface area contributed by atoms with Crippen LogP contribution in [-0.2, 0) is 6.54 Å². The van der Waals surface area contributed by atoms with Crippen molar-refractivity contribution in [2.24, 2.45) is 0 Å². The summed E-state index contributed by atoms with van der Waals surface area (Å²) in [6.07, 6.45) is 8.49. The zero-order valence-electron chi connectivity index (χ0n) is 17.0. The Kier molecular flexibility index (Phi) is 5.24. The molecule has 3 aromatic heterocycles. The summed E-state index contributed by atoms with van der Waals surface area (Å²) < 4.78 is 3.46. The molecule has 5 rings (SSSR count). The first kappa shape index (κ1) is 19.4. The number of rotatable bonds is 6. The molecule has 3 heterocycles. The molecule has 0 aliphatic carbocycles. The lowest BCUT2D eigenvalue weighted by atomic mass is 10.1. The fraction of sp³-hybridized carbons (Fsp3) is 0.0417. The van der Waals surface area contributed by atoms with Crippen LogP contribution >= 0.6 is 0 Å². The smallest absolute Gasteiger partial charge is 0.251 e. The standard InChI is InChI=1S/C24H19N7O/c32-24(19-6-8-22(9-7-19)31-17-26-16-28-31)27-14-20-15-30(21-4-2-1-3-5-21)29-23(20)18-10-12-25-13-11-18/h1-13,15-17H,14H2,(H,27,32). The van der Waals surface area contributed by atoms with E-state index >= 15 is 0 Å². The highest BCUT2D eigenvalue weighted by Gasteiger charge is 2.14. The van der Waals surface area contributed by atoms with Gasteiger partial charge in [-0.05, 0) is 48.5 Å². The molecule has 0 radical (unpaired) electrons. The molecule has 2 aromatic carbocycles. The lowest BCUT2D eigenvalue weighted by Crippen LogP contribution is -2.22. The van der Waals surface area contributed by atoms with Gasteiger partial charge in [-0.1, -0.05) is 18.2 Å². The van der Waals surface area contributed by atoms with Crippen LogP contribution in [0.25, 0.3) is 22.6 Å². The molecular formula is C24H19N7O. The van der Waals surface area contributed by atoms with E-state index in [-0.39, 0.29) is 5.91 Å². The first-order valence-electron chi connectivity index (χ1n) is 10.1. The van der Waals surface area contributed by atoms with E-state index in [4.69, 9.17) is 5.10 Å². The van der Waals surface area contributed by atoms with Gasteiger partial charge < -0.3 is 5.32 Å². The quantitative estimate of drug-likeness (QED) is 0.454. The van der Waals surface area contributed by atoms with Gasteiger partial charge in [-0.25, -0.2) is 14.3 Å². The third kappa shape index (κ3) is 4.01. The van der Waals surface area contributed by atoms with Gasteiger partial charge in [0.2, 0.25) is 0 Å². The van der Waals surface area contributed by atoms with Gasteiger partial charge in [-0.2, -0.15) is 10.2 Å². The highest BCUT2D eigenvalue weighted by atomic mass is 16.1. The van der Waals surface area contributed by atoms with Crippen molar-refractivity contribution in [3.05, 3.63) is 109 Å². The van der Waals surface area contributed by atoms with E-state index in [1.54, 1.807) is 35.5 Å². The number of carbonyl (C=O) groups is 1. The van der Waals surface area contributed by atoms with Gasteiger partial charge in [0.05, 0.1) is 17.1 Å². The largest absolute Gasteiger partial charge is 0.348 e. The second-order valence-corrected chi connectivity index (χ2v) is 7.09. The maximum atomic E-state index is 12.8. The number of para-hydroxylation sites is 1. The number of hydrogen-bond acceptors (Lipinski definition) is 5. The highest BCUT2D eigenvalue weighted by molar-refractivity contribution is 5.94. The molecule has 32 heavy (non-hydrogen) atoms. The van der Waals surface area contributed by atoms with Crippen LogP contribution in [0.15, 0.2) is 98.0 Å². The van der Waals surface area contributed by atoms with Crippen LogP contribution in [0.2, 0.25) is 0 Å². The third-order valence-electron chi connectivity index (χ3n) is 5.02. The molecule has 0 saturated carbocycles. The van der Waals surface area contributed by atoms with Crippen molar-refractivity contribution in [3.63, 3.8) is 0 Å². The number of amides is 1. The van der Waals surface area contributed by atoms with Crippen molar-refractivity contribution >= 4 is 5.91 Å². The third-order valence-corrected chi connectivity index (χ3v) is 5.02. The van der Waals surface area contributed by atoms with Crippen LogP contribution in [0.4, 0.5) is 0 Å². The first-order chi connectivity index (χ1) is 15.8. The maximum Gasteiger partial charge on any atom is 0.251 e. The average Bonchev–Trinajstić information content (AvgIpc) is 3.54. The van der Waals surface area contributed by atoms with Crippen LogP contribution in [-0.4, -0.2) is 35.4 Å². The Labute approximate surface area is 184 Å². The van der Waals surface area contributed by atoms with E-state index in [0.717, 1.165) is 28.2 Å². The number of pyridine rings is 1. The molecule has 8 heteroatoms. The SMILES string of the molecule is O=C(NCc1cn(-c2ccccc2)nc1-c1ccncc1)c1ccc(-n2cncn2)cc1. The number of carbonyl (C=O) groups excluding carboxylic acids is 1. The first-order valence-corrected chi connectivity index (χ1v) is 10.1. The molecule has 0 fully saturated rings. The van der Waals surface area contributed by atoms with E-state index in [2.05, 4.69) is 20.4 Å². The fourth-order valence-electron chi connectivity index (χ4n) is 3.39. The molecule has 0 aliphatic rings. The van der Waals surface area contributed by atoms with Crippen molar-refractivity contribution in [2.45, 2.75) is 6.54 Å². The molecule has 5 aromatic rings. The molecule has 0 unspecified atom stereocenters. The minimum absolute atomic E-state index is 0.164. The second-order valence-electron chi connectivity index (χ2n) is 7.09. The lowest BCUT2D eigenvalue weighted by molar-refractivity contribution is 0.0951. The number of aromatic nitrogens is 6. The van der Waals surface area contributed by atoms with Crippen molar-refractivity contribution in [2.75, 3.05) is 0 Å². The zero-order valence-corrected chi connectivity index (χ0v) is 17.0. The fourth-order valence-corrected chi connectivity index (χ4v) is 3.39. The van der Waals surface area contributed by atoms with Crippen molar-refractivity contribution in [3.8, 4) is 22.6 Å². The van der Waals surface area contributed by atoms with Gasteiger partial charge in [0, 0.05) is 41.8 Å². The lowest BCUT2D eigenvalue weighted by Gasteiger charge is -2.07. The van der Waals surface area contributed by atoms with E-state index in [1.165, 1.54) is 6.33 Å². The summed E-state index contributed by atoms with van der Waals surface area (Å²) in [5.74, 6) is -0.164. The van der Waals surface area contributed by atoms with Crippen LogP contribution in [0.5, 0.6) is 0 Å². The van der Waals surface area contributed by atoms with Crippen LogP contribution in [0.3, 0.4) is 0 Å². The van der Waals surface area contributed by atoms with Crippen molar-refractivity contribution in [1.82, 2.24) is 34.8 Å². The molecule has 0 aliphatic heterocycles. The molecule has 0 saturated heterocycles. The normalized spacial score (nSPS) is 10.8. The van der Waals surface area contributed by atoms with Gasteiger partial charge in [-0.15, -0.1) is 0 Å². The van der Waals surface area contributed by atoms with E-state index in [9.17, 15) is 4.79 Å². The van der Waals surface area contributed by atoms with Crippen molar-refractivity contribution < 1.29 is 4.79 Å². The maximum absolute atomic E-state index is 12.8. The van der Waals surface area contributed by atoms with Gasteiger partial charge >= 0.3 is 0 Å². The Morgan fingerprint density at radius 2 is 1.59 bits per heavy atom. The predicted octanol–water partition coefficient (Wildman–Crippen LogP) is 3.45. The van der Waals surface area contributed by atoms with Gasteiger partial charge in [0.25, 0.3) is 5.91 Å². The zero-order chi connectivity index (χ0) is 21.8. The molecule has 1 amide bonds. The summed E-state index contributed by atoms with van der Waals surface area (Å²) in [5, 5.41) is 11.9. The van der Waals surface area contributed by atoms with Gasteiger partial charge in [-0.3, -0.25) is 9.78 Å². The minimum atomic E-state index is -0.164. The number of nitrogens with one attached hydrogen (secondary N) is 1. The summed E-state index contributed by atoms with van der Waals surface area (Å²) >= 11 is 0. The molecule has 0 atom stereocenters. The second kappa shape index (κ2) is 8.65. The van der Waals surface area contributed by atoms with Gasteiger partial charge in [0.15, 0.2) is 0 Å². The molecular weight excluding hydrogens is 402 g/mol. The van der Waals surface area contributed by atoms with E-state index < -0.39 is 0 Å². The summed E-state index contributed by atoms with van der Waals surface area (Å²) in [5.41, 5.74) is 5.00. The number of hydrogen-bond donors (Lipinski definition) is 1. The molecule has 0 bridgehead atoms. The Balaban J connectivity index is 1.37. The Hall–Kier alpha value is -4.59. The highest BCUT2D eigenvalue weighted by Crippen LogP contribution is 2.23. The molecule has 156 valence electrons. The van der Waals surface area contributed by atoms with Crippen LogP contribution in [0, 0.1) is 0 Å². The van der Waals surface area contributed by atoms with E-state index in [0.29, 0.717) is 12.1 Å². The molecule has 1 N–H and O–H groups in total. The summed E-state index contributed by atoms with van der Waals surface area (Å²) in [6, 6.07) is 20.9. The molecule has 0 spiro atoms. The Morgan fingerprint density at radius 1 is 0.844 bits per heavy atom. The summed E-state index contributed by atoms with van der Waals surface area (Å²) in [6.45, 7) is 0.341. The predicted molar refractivity (Wildman–Crippen MR) is 119 cm³/mol. The van der Waals surface area contributed by atoms with Crippen molar-refractivity contribution in [1.29, 1.82) is 0 Å². The topological polar surface area (TPSA) is 90.5 Å². The minimum Gasteiger partial charge on any atom is -0.348 e. The number of nitrogens with zero attached hydrogens (tertiary/aromatic N) is 6. The van der Waals surface area contributed by atoms with Crippen LogP contribution in [0.1, 0.15) is 15.9 Å². The summed E-state index contributed by atoms with van der Waals surface area (Å²) in [4.78, 5) is 20.8. The molecule has 8 nitrogen and oxygen atoms in total.